The van der Waals surface area contributed by atoms with E-state index in [1.807, 2.05) is 4.90 Å². The zero-order valence-corrected chi connectivity index (χ0v) is 19.6. The maximum Gasteiger partial charge on any atom is 0.419 e. The first-order chi connectivity index (χ1) is 15.3. The second kappa shape index (κ2) is 9.36. The normalized spacial score (nSPS) is 19.6. The summed E-state index contributed by atoms with van der Waals surface area (Å²) < 4.78 is 34.2. The smallest absolute Gasteiger partial charge is 0.408 e. The Morgan fingerprint density at radius 2 is 1.78 bits per heavy atom. The molecule has 2 aliphatic rings. The van der Waals surface area contributed by atoms with Crippen LogP contribution in [0.3, 0.4) is 0 Å². The van der Waals surface area contributed by atoms with Crippen molar-refractivity contribution in [3.63, 3.8) is 0 Å². The van der Waals surface area contributed by atoms with Crippen molar-refractivity contribution in [2.24, 2.45) is 13.0 Å². The Bertz CT molecular complexity index is 1120. The van der Waals surface area contributed by atoms with Gasteiger partial charge < -0.3 is 9.32 Å². The van der Waals surface area contributed by atoms with E-state index in [1.165, 1.54) is 21.0 Å². The number of hydrogen-bond donors (Lipinski definition) is 0. The molecule has 4 rings (SSSR count). The van der Waals surface area contributed by atoms with Crippen LogP contribution in [0.2, 0.25) is 0 Å². The Labute approximate surface area is 188 Å². The van der Waals surface area contributed by atoms with E-state index in [0.717, 1.165) is 39.1 Å². The predicted octanol–water partition coefficient (Wildman–Crippen LogP) is 1.48. The number of carbonyl (C=O) groups excluding carboxylic acids is 1. The van der Waals surface area contributed by atoms with Crippen molar-refractivity contribution in [3.8, 4) is 0 Å². The van der Waals surface area contributed by atoms with Crippen LogP contribution >= 0.6 is 0 Å². The van der Waals surface area contributed by atoms with Crippen LogP contribution in [0.5, 0.6) is 0 Å². The Balaban J connectivity index is 1.33. The predicted molar refractivity (Wildman–Crippen MR) is 121 cm³/mol. The van der Waals surface area contributed by atoms with Crippen molar-refractivity contribution >= 4 is 27.0 Å². The molecule has 0 saturated carbocycles. The van der Waals surface area contributed by atoms with Gasteiger partial charge in [0.15, 0.2) is 5.58 Å². The summed E-state index contributed by atoms with van der Waals surface area (Å²) in [5, 5.41) is 0. The molecule has 10 heteroatoms. The fourth-order valence-electron chi connectivity index (χ4n) is 4.69. The van der Waals surface area contributed by atoms with Gasteiger partial charge in [0.05, 0.1) is 10.4 Å². The average molecular weight is 465 g/mol. The number of oxazole rings is 1. The third-order valence-corrected chi connectivity index (χ3v) is 8.60. The average Bonchev–Trinajstić information content (AvgIpc) is 3.08. The second-order valence-electron chi connectivity index (χ2n) is 8.83. The van der Waals surface area contributed by atoms with Crippen LogP contribution in [0.15, 0.2) is 32.3 Å². The number of sulfonamides is 1. The highest BCUT2D eigenvalue weighted by Gasteiger charge is 2.32. The fraction of sp³-hybridized carbons (Fsp3) is 0.636. The number of hydrogen-bond acceptors (Lipinski definition) is 6. The molecule has 0 unspecified atom stereocenters. The zero-order valence-electron chi connectivity index (χ0n) is 18.8. The van der Waals surface area contributed by atoms with E-state index in [9.17, 15) is 18.0 Å². The summed E-state index contributed by atoms with van der Waals surface area (Å²) in [4.78, 5) is 28.9. The Hall–Kier alpha value is -2.17. The maximum absolute atomic E-state index is 13.1. The van der Waals surface area contributed by atoms with Gasteiger partial charge in [-0.1, -0.05) is 6.92 Å². The van der Waals surface area contributed by atoms with Gasteiger partial charge in [0.25, 0.3) is 0 Å². The number of benzene rings is 1. The molecule has 0 spiro atoms. The number of fused-ring (bicyclic) bond motifs is 1. The molecule has 1 amide bonds. The van der Waals surface area contributed by atoms with Crippen LogP contribution in [0, 0.1) is 5.92 Å². The van der Waals surface area contributed by atoms with Gasteiger partial charge in [-0.3, -0.25) is 14.3 Å². The van der Waals surface area contributed by atoms with Gasteiger partial charge in [0.2, 0.25) is 15.9 Å². The van der Waals surface area contributed by atoms with Crippen LogP contribution < -0.4 is 5.76 Å². The van der Waals surface area contributed by atoms with E-state index in [-0.39, 0.29) is 22.3 Å². The third-order valence-electron chi connectivity index (χ3n) is 6.70. The number of carbonyl (C=O) groups is 1. The fourth-order valence-corrected chi connectivity index (χ4v) is 6.18. The van der Waals surface area contributed by atoms with Crippen molar-refractivity contribution in [1.82, 2.24) is 18.7 Å². The molecular weight excluding hydrogens is 432 g/mol. The van der Waals surface area contributed by atoms with Crippen molar-refractivity contribution in [1.29, 1.82) is 0 Å². The molecule has 1 aromatic carbocycles. The van der Waals surface area contributed by atoms with Gasteiger partial charge in [0.1, 0.15) is 0 Å². The van der Waals surface area contributed by atoms with Crippen LogP contribution in [-0.4, -0.2) is 78.8 Å². The minimum atomic E-state index is -3.68. The summed E-state index contributed by atoms with van der Waals surface area (Å²) in [6, 6.07) is 4.53. The lowest BCUT2D eigenvalue weighted by molar-refractivity contribution is -0.134. The monoisotopic (exact) mass is 464 g/mol. The molecule has 32 heavy (non-hydrogen) atoms. The molecule has 0 atom stereocenters. The molecular formula is C22H32N4O5S. The summed E-state index contributed by atoms with van der Waals surface area (Å²) in [5.74, 6) is -0.129. The van der Waals surface area contributed by atoms with E-state index in [4.69, 9.17) is 4.42 Å². The molecule has 2 aromatic rings. The number of piperazine rings is 1. The Morgan fingerprint density at radius 3 is 2.44 bits per heavy atom. The lowest BCUT2D eigenvalue weighted by Gasteiger charge is -2.36. The molecule has 2 saturated heterocycles. The maximum atomic E-state index is 13.1. The first kappa shape index (κ1) is 23.0. The van der Waals surface area contributed by atoms with E-state index in [0.29, 0.717) is 37.9 Å². The molecule has 9 nitrogen and oxygen atoms in total. The molecule has 0 N–H and O–H groups in total. The lowest BCUT2D eigenvalue weighted by Crippen LogP contribution is -2.49. The summed E-state index contributed by atoms with van der Waals surface area (Å²) in [5.41, 5.74) is 0.819. The highest BCUT2D eigenvalue weighted by molar-refractivity contribution is 7.89. The molecule has 0 aliphatic carbocycles. The van der Waals surface area contributed by atoms with Crippen molar-refractivity contribution < 1.29 is 17.6 Å². The third kappa shape index (κ3) is 4.62. The van der Waals surface area contributed by atoms with E-state index in [2.05, 4.69) is 11.8 Å². The van der Waals surface area contributed by atoms with Crippen LogP contribution in [0.4, 0.5) is 0 Å². The van der Waals surface area contributed by atoms with E-state index >= 15 is 0 Å². The molecule has 2 fully saturated rings. The lowest BCUT2D eigenvalue weighted by atomic mass is 9.94. The van der Waals surface area contributed by atoms with Gasteiger partial charge in [-0.25, -0.2) is 13.2 Å². The number of aryl methyl sites for hydroxylation is 1. The molecule has 176 valence electrons. The first-order valence-electron chi connectivity index (χ1n) is 11.4. The summed E-state index contributed by atoms with van der Waals surface area (Å²) in [7, 11) is -2.10. The Morgan fingerprint density at radius 1 is 1.09 bits per heavy atom. The standard InChI is InChI=1S/C22H32N4O5S/c1-3-8-24-11-13-25(14-12-24)21(27)15-17-6-9-26(10-7-17)32(29,30)18-4-5-19-20(16-18)31-22(28)23(19)2/h4-5,16-17H,3,6-15H2,1-2H3. The minimum Gasteiger partial charge on any atom is -0.408 e. The van der Waals surface area contributed by atoms with E-state index in [1.54, 1.807) is 13.1 Å². The molecule has 0 bridgehead atoms. The van der Waals surface area contributed by atoms with Gasteiger partial charge in [-0.05, 0) is 43.9 Å². The van der Waals surface area contributed by atoms with Crippen LogP contribution in [0.25, 0.3) is 11.1 Å². The Kier molecular flexibility index (Phi) is 6.73. The van der Waals surface area contributed by atoms with Crippen molar-refractivity contribution in [2.75, 3.05) is 45.8 Å². The van der Waals surface area contributed by atoms with Crippen LogP contribution in [0.1, 0.15) is 32.6 Å². The number of amides is 1. The molecule has 0 radical (unpaired) electrons. The molecule has 3 heterocycles. The largest absolute Gasteiger partial charge is 0.419 e. The van der Waals surface area contributed by atoms with Gasteiger partial charge in [-0.15, -0.1) is 0 Å². The molecule has 2 aliphatic heterocycles. The minimum absolute atomic E-state index is 0.124. The summed E-state index contributed by atoms with van der Waals surface area (Å²) >= 11 is 0. The second-order valence-corrected chi connectivity index (χ2v) is 10.8. The zero-order chi connectivity index (χ0) is 22.9. The topological polar surface area (TPSA) is 96.1 Å². The van der Waals surface area contributed by atoms with Crippen molar-refractivity contribution in [2.45, 2.75) is 37.5 Å². The highest BCUT2D eigenvalue weighted by Crippen LogP contribution is 2.27. The SMILES string of the molecule is CCCN1CCN(C(=O)CC2CCN(S(=O)(=O)c3ccc4c(c3)oc(=O)n4C)CC2)CC1. The van der Waals surface area contributed by atoms with Gasteiger partial charge in [-0.2, -0.15) is 4.31 Å². The quantitative estimate of drug-likeness (QED) is 0.643. The number of nitrogens with zero attached hydrogens (tertiary/aromatic N) is 4. The van der Waals surface area contributed by atoms with Crippen LogP contribution in [-0.2, 0) is 21.9 Å². The summed E-state index contributed by atoms with van der Waals surface area (Å²) in [6.45, 7) is 7.46. The highest BCUT2D eigenvalue weighted by atomic mass is 32.2. The molecule has 1 aromatic heterocycles. The number of aromatic nitrogens is 1. The number of rotatable bonds is 6. The first-order valence-corrected chi connectivity index (χ1v) is 12.8. The van der Waals surface area contributed by atoms with Gasteiger partial charge >= 0.3 is 5.76 Å². The summed E-state index contributed by atoms with van der Waals surface area (Å²) in [6.07, 6.45) is 2.96. The van der Waals surface area contributed by atoms with E-state index < -0.39 is 15.8 Å². The number of piperidine rings is 1. The van der Waals surface area contributed by atoms with Gasteiger partial charge in [0, 0.05) is 58.8 Å². The van der Waals surface area contributed by atoms with Crippen molar-refractivity contribution in [3.05, 3.63) is 28.7 Å².